The monoisotopic (exact) mass is 273 g/mol. The number of hydrogen-bond acceptors (Lipinski definition) is 2. The van der Waals surface area contributed by atoms with Crippen molar-refractivity contribution < 1.29 is 9.90 Å². The van der Waals surface area contributed by atoms with Crippen LogP contribution in [0.4, 0.5) is 5.69 Å². The van der Waals surface area contributed by atoms with Crippen LogP contribution >= 0.6 is 0 Å². The zero-order valence-corrected chi connectivity index (χ0v) is 12.1. The number of nitrogens with zero attached hydrogens (tertiary/aromatic N) is 1. The quantitative estimate of drug-likeness (QED) is 0.913. The van der Waals surface area contributed by atoms with Gasteiger partial charge in [0.25, 0.3) is 0 Å². The molecule has 3 nitrogen and oxygen atoms in total. The van der Waals surface area contributed by atoms with Crippen LogP contribution in [-0.4, -0.2) is 23.2 Å². The molecule has 1 saturated carbocycles. The van der Waals surface area contributed by atoms with Crippen molar-refractivity contribution in [3.63, 3.8) is 0 Å². The first-order valence-electron chi connectivity index (χ1n) is 7.75. The van der Waals surface area contributed by atoms with Crippen LogP contribution in [0.3, 0.4) is 0 Å². The second-order valence-electron chi connectivity index (χ2n) is 6.32. The van der Waals surface area contributed by atoms with Gasteiger partial charge in [-0.25, -0.2) is 0 Å². The Morgan fingerprint density at radius 1 is 1.35 bits per heavy atom. The maximum absolute atomic E-state index is 11.0. The van der Waals surface area contributed by atoms with E-state index in [1.54, 1.807) is 0 Å². The highest BCUT2D eigenvalue weighted by Crippen LogP contribution is 2.41. The number of aliphatic carboxylic acids is 1. The summed E-state index contributed by atoms with van der Waals surface area (Å²) in [4.78, 5) is 13.6. The van der Waals surface area contributed by atoms with Gasteiger partial charge in [-0.1, -0.05) is 38.0 Å². The van der Waals surface area contributed by atoms with E-state index in [0.717, 1.165) is 6.42 Å². The molecule has 1 aromatic carbocycles. The lowest BCUT2D eigenvalue weighted by Gasteiger charge is -2.36. The molecule has 1 heterocycles. The van der Waals surface area contributed by atoms with E-state index in [9.17, 15) is 4.79 Å². The molecule has 0 saturated heterocycles. The number of benzene rings is 1. The molecule has 0 aromatic heterocycles. The van der Waals surface area contributed by atoms with Crippen molar-refractivity contribution in [3.05, 3.63) is 29.8 Å². The molecule has 2 unspecified atom stereocenters. The van der Waals surface area contributed by atoms with E-state index in [1.165, 1.54) is 36.9 Å². The van der Waals surface area contributed by atoms with Crippen molar-refractivity contribution in [3.8, 4) is 0 Å². The number of carboxylic acid groups (broad SMARTS) is 1. The van der Waals surface area contributed by atoms with Crippen LogP contribution in [0.2, 0.25) is 0 Å². The molecule has 3 rings (SSSR count). The van der Waals surface area contributed by atoms with Crippen LogP contribution < -0.4 is 4.90 Å². The van der Waals surface area contributed by atoms with Crippen molar-refractivity contribution >= 4 is 11.7 Å². The summed E-state index contributed by atoms with van der Waals surface area (Å²) in [6.07, 6.45) is 6.39. The van der Waals surface area contributed by atoms with Crippen LogP contribution in [-0.2, 0) is 11.2 Å². The Hall–Kier alpha value is -1.51. The minimum Gasteiger partial charge on any atom is -0.481 e. The molecular weight excluding hydrogens is 250 g/mol. The van der Waals surface area contributed by atoms with Gasteiger partial charge in [-0.15, -0.1) is 0 Å². The minimum atomic E-state index is -0.681. The second kappa shape index (κ2) is 5.47. The normalized spacial score (nSPS) is 23.9. The SMILES string of the molecule is CC(CC(=O)O)C1Cc2ccccc2N1C1CCCC1. The molecule has 0 spiro atoms. The first kappa shape index (κ1) is 13.5. The van der Waals surface area contributed by atoms with Crippen LogP contribution in [0.15, 0.2) is 24.3 Å². The Morgan fingerprint density at radius 2 is 2.05 bits per heavy atom. The lowest BCUT2D eigenvalue weighted by atomic mass is 9.94. The van der Waals surface area contributed by atoms with Gasteiger partial charge in [0.05, 0.1) is 0 Å². The number of fused-ring (bicyclic) bond motifs is 1. The predicted octanol–water partition coefficient (Wildman–Crippen LogP) is 3.47. The zero-order chi connectivity index (χ0) is 14.1. The number of anilines is 1. The highest BCUT2D eigenvalue weighted by atomic mass is 16.4. The maximum atomic E-state index is 11.0. The van der Waals surface area contributed by atoms with Crippen LogP contribution in [0.1, 0.15) is 44.6 Å². The van der Waals surface area contributed by atoms with Crippen molar-refractivity contribution in [1.29, 1.82) is 0 Å². The number of carbonyl (C=O) groups is 1. The summed E-state index contributed by atoms with van der Waals surface area (Å²) in [6, 6.07) is 9.57. The summed E-state index contributed by atoms with van der Waals surface area (Å²) < 4.78 is 0. The van der Waals surface area contributed by atoms with E-state index in [-0.39, 0.29) is 12.3 Å². The number of rotatable bonds is 4. The topological polar surface area (TPSA) is 40.5 Å². The predicted molar refractivity (Wildman–Crippen MR) is 80.1 cm³/mol. The summed E-state index contributed by atoms with van der Waals surface area (Å²) in [5.41, 5.74) is 2.74. The van der Waals surface area contributed by atoms with Crippen LogP contribution in [0, 0.1) is 5.92 Å². The molecule has 1 N–H and O–H groups in total. The molecule has 108 valence electrons. The fourth-order valence-electron chi connectivity index (χ4n) is 3.97. The first-order valence-corrected chi connectivity index (χ1v) is 7.75. The number of hydrogen-bond donors (Lipinski definition) is 1. The van der Waals surface area contributed by atoms with Gasteiger partial charge in [0, 0.05) is 24.2 Å². The second-order valence-corrected chi connectivity index (χ2v) is 6.32. The summed E-state index contributed by atoms with van der Waals surface area (Å²) >= 11 is 0. The average molecular weight is 273 g/mol. The minimum absolute atomic E-state index is 0.195. The third-order valence-electron chi connectivity index (χ3n) is 4.93. The van der Waals surface area contributed by atoms with Crippen molar-refractivity contribution in [2.45, 2.75) is 57.5 Å². The van der Waals surface area contributed by atoms with E-state index in [4.69, 9.17) is 5.11 Å². The Labute approximate surface area is 120 Å². The maximum Gasteiger partial charge on any atom is 0.303 e. The highest BCUT2D eigenvalue weighted by Gasteiger charge is 2.38. The van der Waals surface area contributed by atoms with E-state index in [2.05, 4.69) is 36.1 Å². The molecule has 1 aliphatic carbocycles. The Morgan fingerprint density at radius 3 is 2.75 bits per heavy atom. The Kier molecular flexibility index (Phi) is 3.68. The fraction of sp³-hybridized carbons (Fsp3) is 0.588. The van der Waals surface area contributed by atoms with Gasteiger partial charge in [-0.2, -0.15) is 0 Å². The van der Waals surface area contributed by atoms with Crippen LogP contribution in [0.25, 0.3) is 0 Å². The molecule has 2 aliphatic rings. The Bertz CT molecular complexity index is 494. The van der Waals surface area contributed by atoms with Crippen LogP contribution in [0.5, 0.6) is 0 Å². The molecule has 1 aliphatic heterocycles. The molecule has 0 amide bonds. The third kappa shape index (κ3) is 2.41. The lowest BCUT2D eigenvalue weighted by Crippen LogP contribution is -2.43. The molecule has 1 aromatic rings. The van der Waals surface area contributed by atoms with E-state index in [0.29, 0.717) is 12.1 Å². The number of para-hydroxylation sites is 1. The largest absolute Gasteiger partial charge is 0.481 e. The van der Waals surface area contributed by atoms with Gasteiger partial charge in [0.2, 0.25) is 0 Å². The van der Waals surface area contributed by atoms with Crippen molar-refractivity contribution in [2.24, 2.45) is 5.92 Å². The summed E-state index contributed by atoms with van der Waals surface area (Å²) in [7, 11) is 0. The molecule has 3 heteroatoms. The standard InChI is InChI=1S/C17H23NO2/c1-12(10-17(19)20)16-11-13-6-2-5-9-15(13)18(16)14-7-3-4-8-14/h2,5-6,9,12,14,16H,3-4,7-8,10-11H2,1H3,(H,19,20). The van der Waals surface area contributed by atoms with Crippen molar-refractivity contribution in [1.82, 2.24) is 0 Å². The average Bonchev–Trinajstić information content (AvgIpc) is 3.04. The fourth-order valence-corrected chi connectivity index (χ4v) is 3.97. The molecule has 1 fully saturated rings. The van der Waals surface area contributed by atoms with Crippen molar-refractivity contribution in [2.75, 3.05) is 4.90 Å². The molecule has 20 heavy (non-hydrogen) atoms. The third-order valence-corrected chi connectivity index (χ3v) is 4.93. The van der Waals surface area contributed by atoms with E-state index < -0.39 is 5.97 Å². The zero-order valence-electron chi connectivity index (χ0n) is 12.1. The summed E-state index contributed by atoms with van der Waals surface area (Å²) in [5, 5.41) is 9.09. The van der Waals surface area contributed by atoms with Gasteiger partial charge in [0.15, 0.2) is 0 Å². The highest BCUT2D eigenvalue weighted by molar-refractivity contribution is 5.68. The molecule has 0 bridgehead atoms. The summed E-state index contributed by atoms with van der Waals surface area (Å²) in [5.74, 6) is -0.486. The first-order chi connectivity index (χ1) is 9.66. The number of carboxylic acids is 1. The van der Waals surface area contributed by atoms with Gasteiger partial charge < -0.3 is 10.0 Å². The van der Waals surface area contributed by atoms with Gasteiger partial charge in [-0.3, -0.25) is 4.79 Å². The van der Waals surface area contributed by atoms with E-state index >= 15 is 0 Å². The van der Waals surface area contributed by atoms with E-state index in [1.807, 2.05) is 0 Å². The Balaban J connectivity index is 1.88. The molecular formula is C17H23NO2. The lowest BCUT2D eigenvalue weighted by molar-refractivity contribution is -0.138. The van der Waals surface area contributed by atoms with Gasteiger partial charge >= 0.3 is 5.97 Å². The molecule has 0 radical (unpaired) electrons. The molecule has 2 atom stereocenters. The summed E-state index contributed by atoms with van der Waals surface area (Å²) in [6.45, 7) is 2.09. The van der Waals surface area contributed by atoms with Gasteiger partial charge in [0.1, 0.15) is 0 Å². The smallest absolute Gasteiger partial charge is 0.303 e. The van der Waals surface area contributed by atoms with Gasteiger partial charge in [-0.05, 0) is 36.8 Å².